The molecule has 1 aromatic carbocycles. The number of amides is 2. The maximum Gasteiger partial charge on any atom is 0.244 e. The standard InChI is InChI=1S/C19H28N4O2.ClH/c1-15(14-20-2)18(24)22-12-10-21(11-13-22)17-8-9-23(19(17)25)16-6-4-3-5-7-16;/h3-7,15,17,20H,8-14H2,1-2H3;1H. The molecule has 6 nitrogen and oxygen atoms in total. The number of nitrogens with zero attached hydrogens (tertiary/aromatic N) is 3. The van der Waals surface area contributed by atoms with E-state index in [0.29, 0.717) is 19.6 Å². The van der Waals surface area contributed by atoms with E-state index in [1.54, 1.807) is 0 Å². The molecule has 0 bridgehead atoms. The minimum atomic E-state index is -0.0489. The van der Waals surface area contributed by atoms with Gasteiger partial charge in [0.15, 0.2) is 0 Å². The van der Waals surface area contributed by atoms with Gasteiger partial charge in [0.2, 0.25) is 11.8 Å². The summed E-state index contributed by atoms with van der Waals surface area (Å²) >= 11 is 0. The first-order valence-corrected chi connectivity index (χ1v) is 9.15. The lowest BCUT2D eigenvalue weighted by molar-refractivity contribution is -0.137. The quantitative estimate of drug-likeness (QED) is 0.834. The molecular formula is C19H29ClN4O2. The van der Waals surface area contributed by atoms with Crippen LogP contribution in [0.25, 0.3) is 0 Å². The van der Waals surface area contributed by atoms with Crippen LogP contribution in [0.15, 0.2) is 30.3 Å². The Hall–Kier alpha value is -1.63. The van der Waals surface area contributed by atoms with Crippen LogP contribution in [0, 0.1) is 5.92 Å². The van der Waals surface area contributed by atoms with Gasteiger partial charge in [-0.2, -0.15) is 0 Å². The highest BCUT2D eigenvalue weighted by Crippen LogP contribution is 2.25. The van der Waals surface area contributed by atoms with Gasteiger partial charge < -0.3 is 15.1 Å². The molecule has 1 aromatic rings. The maximum absolute atomic E-state index is 12.8. The first kappa shape index (κ1) is 20.7. The zero-order valence-corrected chi connectivity index (χ0v) is 16.4. The molecule has 26 heavy (non-hydrogen) atoms. The van der Waals surface area contributed by atoms with Crippen molar-refractivity contribution in [1.82, 2.24) is 15.1 Å². The maximum atomic E-state index is 12.8. The third kappa shape index (κ3) is 4.37. The van der Waals surface area contributed by atoms with Crippen LogP contribution in [-0.2, 0) is 9.59 Å². The summed E-state index contributed by atoms with van der Waals surface area (Å²) in [5.41, 5.74) is 0.977. The predicted octanol–water partition coefficient (Wildman–Crippen LogP) is 1.21. The van der Waals surface area contributed by atoms with Crippen LogP contribution in [0.3, 0.4) is 0 Å². The van der Waals surface area contributed by atoms with Gasteiger partial charge in [0, 0.05) is 50.9 Å². The van der Waals surface area contributed by atoms with E-state index in [1.807, 2.05) is 54.1 Å². The molecular weight excluding hydrogens is 352 g/mol. The number of nitrogens with one attached hydrogen (secondary N) is 1. The largest absolute Gasteiger partial charge is 0.340 e. The molecule has 1 N–H and O–H groups in total. The summed E-state index contributed by atoms with van der Waals surface area (Å²) in [6.45, 7) is 6.40. The van der Waals surface area contributed by atoms with Gasteiger partial charge in [0.25, 0.3) is 0 Å². The SMILES string of the molecule is CNCC(C)C(=O)N1CCN(C2CCN(c3ccccc3)C2=O)CC1.Cl. The Morgan fingerprint density at radius 2 is 1.81 bits per heavy atom. The lowest BCUT2D eigenvalue weighted by Gasteiger charge is -2.38. The van der Waals surface area contributed by atoms with Crippen molar-refractivity contribution in [2.75, 3.05) is 51.2 Å². The van der Waals surface area contributed by atoms with Gasteiger partial charge in [0.05, 0.1) is 6.04 Å². The second-order valence-electron chi connectivity index (χ2n) is 6.95. The van der Waals surface area contributed by atoms with Gasteiger partial charge in [-0.3, -0.25) is 14.5 Å². The summed E-state index contributed by atoms with van der Waals surface area (Å²) < 4.78 is 0. The van der Waals surface area contributed by atoms with Gasteiger partial charge in [-0.05, 0) is 25.6 Å². The summed E-state index contributed by atoms with van der Waals surface area (Å²) in [4.78, 5) is 31.3. The molecule has 7 heteroatoms. The van der Waals surface area contributed by atoms with Crippen molar-refractivity contribution >= 4 is 29.9 Å². The molecule has 2 saturated heterocycles. The lowest BCUT2D eigenvalue weighted by atomic mass is 10.1. The van der Waals surface area contributed by atoms with Crippen molar-refractivity contribution in [3.63, 3.8) is 0 Å². The van der Waals surface area contributed by atoms with Crippen LogP contribution in [-0.4, -0.2) is 74.0 Å². The number of anilines is 1. The van der Waals surface area contributed by atoms with E-state index >= 15 is 0 Å². The van der Waals surface area contributed by atoms with Crippen LogP contribution in [0.4, 0.5) is 5.69 Å². The van der Waals surface area contributed by atoms with Crippen molar-refractivity contribution in [1.29, 1.82) is 0 Å². The average Bonchev–Trinajstić information content (AvgIpc) is 3.03. The third-order valence-corrected chi connectivity index (χ3v) is 5.24. The number of carbonyl (C=O) groups is 2. The van der Waals surface area contributed by atoms with Crippen LogP contribution >= 0.6 is 12.4 Å². The molecule has 3 rings (SSSR count). The minimum Gasteiger partial charge on any atom is -0.340 e. The van der Waals surface area contributed by atoms with E-state index in [9.17, 15) is 9.59 Å². The molecule has 0 spiro atoms. The predicted molar refractivity (Wildman–Crippen MR) is 106 cm³/mol. The molecule has 2 amide bonds. The molecule has 0 aliphatic carbocycles. The fourth-order valence-electron chi connectivity index (χ4n) is 3.83. The van der Waals surface area contributed by atoms with E-state index in [2.05, 4.69) is 10.2 Å². The summed E-state index contributed by atoms with van der Waals surface area (Å²) in [5.74, 6) is 0.394. The van der Waals surface area contributed by atoms with Crippen molar-refractivity contribution in [2.24, 2.45) is 5.92 Å². The van der Waals surface area contributed by atoms with Crippen LogP contribution < -0.4 is 10.2 Å². The lowest BCUT2D eigenvalue weighted by Crippen LogP contribution is -2.55. The van der Waals surface area contributed by atoms with Gasteiger partial charge in [-0.15, -0.1) is 12.4 Å². The van der Waals surface area contributed by atoms with E-state index < -0.39 is 0 Å². The Morgan fingerprint density at radius 1 is 1.15 bits per heavy atom. The van der Waals surface area contributed by atoms with Gasteiger partial charge >= 0.3 is 0 Å². The van der Waals surface area contributed by atoms with Gasteiger partial charge in [-0.25, -0.2) is 0 Å². The fraction of sp³-hybridized carbons (Fsp3) is 0.579. The number of benzene rings is 1. The third-order valence-electron chi connectivity index (χ3n) is 5.24. The summed E-state index contributed by atoms with van der Waals surface area (Å²) in [6.07, 6.45) is 0.859. The van der Waals surface area contributed by atoms with E-state index in [1.165, 1.54) is 0 Å². The minimum absolute atomic E-state index is 0. The van der Waals surface area contributed by atoms with Gasteiger partial charge in [-0.1, -0.05) is 25.1 Å². The molecule has 0 aromatic heterocycles. The molecule has 0 radical (unpaired) electrons. The highest BCUT2D eigenvalue weighted by molar-refractivity contribution is 5.99. The highest BCUT2D eigenvalue weighted by Gasteiger charge is 2.38. The monoisotopic (exact) mass is 380 g/mol. The van der Waals surface area contributed by atoms with Crippen molar-refractivity contribution in [3.8, 4) is 0 Å². The molecule has 2 heterocycles. The molecule has 2 unspecified atom stereocenters. The second-order valence-corrected chi connectivity index (χ2v) is 6.95. The first-order valence-electron chi connectivity index (χ1n) is 9.15. The van der Waals surface area contributed by atoms with Crippen LogP contribution in [0.5, 0.6) is 0 Å². The fourth-order valence-corrected chi connectivity index (χ4v) is 3.83. The van der Waals surface area contributed by atoms with Crippen molar-refractivity contribution in [3.05, 3.63) is 30.3 Å². The number of carbonyl (C=O) groups excluding carboxylic acids is 2. The van der Waals surface area contributed by atoms with Crippen LogP contribution in [0.1, 0.15) is 13.3 Å². The smallest absolute Gasteiger partial charge is 0.244 e. The van der Waals surface area contributed by atoms with E-state index in [0.717, 1.165) is 31.7 Å². The molecule has 144 valence electrons. The molecule has 2 atom stereocenters. The Balaban J connectivity index is 0.00000243. The highest BCUT2D eigenvalue weighted by atomic mass is 35.5. The van der Waals surface area contributed by atoms with Crippen molar-refractivity contribution in [2.45, 2.75) is 19.4 Å². The number of para-hydroxylation sites is 1. The Kier molecular flexibility index (Phi) is 7.43. The number of rotatable bonds is 5. The van der Waals surface area contributed by atoms with Crippen LogP contribution in [0.2, 0.25) is 0 Å². The topological polar surface area (TPSA) is 55.9 Å². The average molecular weight is 381 g/mol. The normalized spacial score (nSPS) is 22.2. The Morgan fingerprint density at radius 3 is 2.42 bits per heavy atom. The summed E-state index contributed by atoms with van der Waals surface area (Å²) in [7, 11) is 1.87. The number of hydrogen-bond donors (Lipinski definition) is 1. The second kappa shape index (κ2) is 9.35. The van der Waals surface area contributed by atoms with E-state index in [-0.39, 0.29) is 36.2 Å². The molecule has 2 fully saturated rings. The zero-order valence-electron chi connectivity index (χ0n) is 15.6. The van der Waals surface area contributed by atoms with Crippen molar-refractivity contribution < 1.29 is 9.59 Å². The molecule has 2 aliphatic heterocycles. The summed E-state index contributed by atoms with van der Waals surface area (Å²) in [5, 5.41) is 3.06. The molecule has 2 aliphatic rings. The number of halogens is 1. The Bertz CT molecular complexity index is 605. The Labute approximate surface area is 161 Å². The van der Waals surface area contributed by atoms with E-state index in [4.69, 9.17) is 0 Å². The number of hydrogen-bond acceptors (Lipinski definition) is 4. The first-order chi connectivity index (χ1) is 12.1. The number of piperazine rings is 1. The zero-order chi connectivity index (χ0) is 17.8. The van der Waals surface area contributed by atoms with Gasteiger partial charge in [0.1, 0.15) is 0 Å². The molecule has 0 saturated carbocycles. The summed E-state index contributed by atoms with van der Waals surface area (Å²) in [6, 6.07) is 9.82.